The first-order valence-electron chi connectivity index (χ1n) is 8.33. The summed E-state index contributed by atoms with van der Waals surface area (Å²) in [6, 6.07) is 0. The molecule has 2 aliphatic rings. The maximum Gasteiger partial charge on any atom is 0.305 e. The van der Waals surface area contributed by atoms with Crippen molar-refractivity contribution in [3.63, 3.8) is 0 Å². The number of carboxylic acid groups (broad SMARTS) is 2. The molecule has 0 bridgehead atoms. The highest BCUT2D eigenvalue weighted by Crippen LogP contribution is 2.39. The maximum absolute atomic E-state index is 11.2. The molecule has 0 amide bonds. The van der Waals surface area contributed by atoms with E-state index in [0.717, 1.165) is 64.2 Å². The van der Waals surface area contributed by atoms with Crippen LogP contribution in [0.25, 0.3) is 0 Å². The average Bonchev–Trinajstić information content (AvgIpc) is 2.46. The Morgan fingerprint density at radius 3 is 1.27 bits per heavy atom. The molecule has 2 N–H and O–H groups in total. The van der Waals surface area contributed by atoms with Crippen LogP contribution in [-0.4, -0.2) is 33.2 Å². The van der Waals surface area contributed by atoms with Crippen LogP contribution in [0.2, 0.25) is 0 Å². The first-order valence-corrected chi connectivity index (χ1v) is 8.33. The summed E-state index contributed by atoms with van der Waals surface area (Å²) >= 11 is 0. The molecule has 0 aromatic rings. The number of carbonyl (C=O) groups is 2. The Balaban J connectivity index is 2.18. The van der Waals surface area contributed by atoms with E-state index in [0.29, 0.717) is 0 Å². The van der Waals surface area contributed by atoms with E-state index in [4.69, 9.17) is 0 Å². The summed E-state index contributed by atoms with van der Waals surface area (Å²) in [6.45, 7) is 0. The molecule has 0 radical (unpaired) electrons. The molecule has 0 unspecified atom stereocenters. The zero-order chi connectivity index (χ0) is 16.1. The molecular formula is C16H26N2O4. The summed E-state index contributed by atoms with van der Waals surface area (Å²) in [5, 5.41) is 27.3. The first-order chi connectivity index (χ1) is 10.5. The lowest BCUT2D eigenvalue weighted by Gasteiger charge is -2.35. The van der Waals surface area contributed by atoms with Gasteiger partial charge in [0, 0.05) is 0 Å². The van der Waals surface area contributed by atoms with Gasteiger partial charge in [0.15, 0.2) is 0 Å². The Morgan fingerprint density at radius 2 is 1.00 bits per heavy atom. The third kappa shape index (κ3) is 4.52. The van der Waals surface area contributed by atoms with E-state index in [1.165, 1.54) is 0 Å². The van der Waals surface area contributed by atoms with Gasteiger partial charge in [-0.2, -0.15) is 10.2 Å². The lowest BCUT2D eigenvalue weighted by Crippen LogP contribution is -2.36. The maximum atomic E-state index is 11.2. The van der Waals surface area contributed by atoms with Crippen LogP contribution in [0.3, 0.4) is 0 Å². The molecule has 124 valence electrons. The second-order valence-electron chi connectivity index (χ2n) is 6.91. The highest BCUT2D eigenvalue weighted by Gasteiger charge is 2.38. The highest BCUT2D eigenvalue weighted by atomic mass is 16.4. The Labute approximate surface area is 131 Å². The zero-order valence-electron chi connectivity index (χ0n) is 13.1. The smallest absolute Gasteiger partial charge is 0.305 e. The Morgan fingerprint density at radius 1 is 0.682 bits per heavy atom. The summed E-state index contributed by atoms with van der Waals surface area (Å²) in [5.41, 5.74) is -1.24. The lowest BCUT2D eigenvalue weighted by atomic mass is 9.79. The number of hydrogen-bond donors (Lipinski definition) is 2. The van der Waals surface area contributed by atoms with Crippen molar-refractivity contribution >= 4 is 11.9 Å². The molecule has 6 heteroatoms. The second-order valence-corrected chi connectivity index (χ2v) is 6.91. The predicted molar refractivity (Wildman–Crippen MR) is 81.0 cm³/mol. The molecular weight excluding hydrogens is 284 g/mol. The summed E-state index contributed by atoms with van der Waals surface area (Å²) in [7, 11) is 0. The van der Waals surface area contributed by atoms with Gasteiger partial charge >= 0.3 is 11.9 Å². The van der Waals surface area contributed by atoms with E-state index in [2.05, 4.69) is 10.2 Å². The highest BCUT2D eigenvalue weighted by molar-refractivity contribution is 5.69. The number of azo groups is 1. The van der Waals surface area contributed by atoms with Crippen molar-refractivity contribution < 1.29 is 19.8 Å². The fraction of sp³-hybridized carbons (Fsp3) is 0.875. The number of rotatable bonds is 6. The van der Waals surface area contributed by atoms with Gasteiger partial charge in [0.25, 0.3) is 0 Å². The third-order valence-electron chi connectivity index (χ3n) is 5.00. The minimum absolute atomic E-state index is 0.000346. The molecule has 0 aromatic carbocycles. The zero-order valence-corrected chi connectivity index (χ0v) is 13.1. The van der Waals surface area contributed by atoms with Gasteiger partial charge in [-0.15, -0.1) is 0 Å². The van der Waals surface area contributed by atoms with Crippen LogP contribution in [-0.2, 0) is 9.59 Å². The standard InChI is InChI=1S/C16H26N2O4/c19-13(20)11-15(7-3-1-4-8-15)17-18-16(12-14(21)22)9-5-2-6-10-16/h1-12H2,(H,19,20)(H,21,22). The van der Waals surface area contributed by atoms with Crippen LogP contribution in [0.4, 0.5) is 0 Å². The van der Waals surface area contributed by atoms with E-state index < -0.39 is 23.0 Å². The van der Waals surface area contributed by atoms with Crippen LogP contribution >= 0.6 is 0 Å². The van der Waals surface area contributed by atoms with Gasteiger partial charge in [-0.1, -0.05) is 38.5 Å². The largest absolute Gasteiger partial charge is 0.481 e. The molecule has 2 aliphatic carbocycles. The number of aliphatic carboxylic acids is 2. The molecule has 22 heavy (non-hydrogen) atoms. The normalized spacial score (nSPS) is 24.2. The van der Waals surface area contributed by atoms with Crippen LogP contribution in [0, 0.1) is 0 Å². The Kier molecular flexibility index (Phi) is 5.53. The minimum Gasteiger partial charge on any atom is -0.481 e. The van der Waals surface area contributed by atoms with Gasteiger partial charge in [-0.25, -0.2) is 0 Å². The van der Waals surface area contributed by atoms with Gasteiger partial charge in [0.2, 0.25) is 0 Å². The van der Waals surface area contributed by atoms with Gasteiger partial charge in [0.1, 0.15) is 0 Å². The minimum atomic E-state index is -0.850. The van der Waals surface area contributed by atoms with Crippen LogP contribution in [0.15, 0.2) is 10.2 Å². The van der Waals surface area contributed by atoms with Crippen LogP contribution < -0.4 is 0 Å². The fourth-order valence-electron chi connectivity index (χ4n) is 3.82. The number of carboxylic acids is 2. The quantitative estimate of drug-likeness (QED) is 0.729. The Bertz CT molecular complexity index is 395. The monoisotopic (exact) mass is 310 g/mol. The van der Waals surface area contributed by atoms with Crippen molar-refractivity contribution in [2.45, 2.75) is 88.1 Å². The van der Waals surface area contributed by atoms with Gasteiger partial charge in [0.05, 0.1) is 23.9 Å². The van der Waals surface area contributed by atoms with Crippen molar-refractivity contribution in [1.82, 2.24) is 0 Å². The topological polar surface area (TPSA) is 99.3 Å². The molecule has 0 aromatic heterocycles. The molecule has 0 heterocycles. The summed E-state index contributed by atoms with van der Waals surface area (Å²) in [4.78, 5) is 22.4. The lowest BCUT2D eigenvalue weighted by molar-refractivity contribution is -0.140. The first kappa shape index (κ1) is 16.9. The fourth-order valence-corrected chi connectivity index (χ4v) is 3.82. The van der Waals surface area contributed by atoms with E-state index in [9.17, 15) is 19.8 Å². The van der Waals surface area contributed by atoms with Crippen LogP contribution in [0.5, 0.6) is 0 Å². The summed E-state index contributed by atoms with van der Waals surface area (Å²) in [6.07, 6.45) is 9.07. The van der Waals surface area contributed by atoms with Crippen molar-refractivity contribution in [2.75, 3.05) is 0 Å². The Hall–Kier alpha value is -1.46. The van der Waals surface area contributed by atoms with Gasteiger partial charge in [-0.05, 0) is 25.7 Å². The molecule has 2 fully saturated rings. The van der Waals surface area contributed by atoms with Crippen molar-refractivity contribution in [3.8, 4) is 0 Å². The van der Waals surface area contributed by atoms with Crippen molar-refractivity contribution in [3.05, 3.63) is 0 Å². The molecule has 0 spiro atoms. The summed E-state index contributed by atoms with van der Waals surface area (Å²) < 4.78 is 0. The molecule has 0 aliphatic heterocycles. The van der Waals surface area contributed by atoms with Gasteiger partial charge < -0.3 is 10.2 Å². The molecule has 0 atom stereocenters. The molecule has 0 saturated heterocycles. The number of nitrogens with zero attached hydrogens (tertiary/aromatic N) is 2. The predicted octanol–water partition coefficient (Wildman–Crippen LogP) is 3.79. The van der Waals surface area contributed by atoms with E-state index >= 15 is 0 Å². The van der Waals surface area contributed by atoms with E-state index in [1.807, 2.05) is 0 Å². The van der Waals surface area contributed by atoms with Crippen molar-refractivity contribution in [2.24, 2.45) is 10.2 Å². The van der Waals surface area contributed by atoms with E-state index in [-0.39, 0.29) is 12.8 Å². The van der Waals surface area contributed by atoms with Gasteiger partial charge in [-0.3, -0.25) is 9.59 Å². The SMILES string of the molecule is O=C(O)CC1(N=NC2(CC(=O)O)CCCCC2)CCCCC1. The molecule has 6 nitrogen and oxygen atoms in total. The molecule has 2 saturated carbocycles. The second kappa shape index (κ2) is 7.20. The third-order valence-corrected chi connectivity index (χ3v) is 5.00. The average molecular weight is 310 g/mol. The summed E-state index contributed by atoms with van der Waals surface area (Å²) in [5.74, 6) is -1.70. The van der Waals surface area contributed by atoms with Crippen molar-refractivity contribution in [1.29, 1.82) is 0 Å². The number of hydrogen-bond acceptors (Lipinski definition) is 4. The van der Waals surface area contributed by atoms with Crippen LogP contribution in [0.1, 0.15) is 77.0 Å². The van der Waals surface area contributed by atoms with E-state index in [1.54, 1.807) is 0 Å². The molecule has 2 rings (SSSR count).